The normalized spacial score (nSPS) is 21.4. The average Bonchev–Trinajstić information content (AvgIpc) is 2.42. The predicted molar refractivity (Wildman–Crippen MR) is 73.4 cm³/mol. The quantitative estimate of drug-likeness (QED) is 0.668. The third-order valence-electron chi connectivity index (χ3n) is 2.95. The predicted octanol–water partition coefficient (Wildman–Crippen LogP) is 2.30. The van der Waals surface area contributed by atoms with Gasteiger partial charge in [0.1, 0.15) is 6.10 Å². The Balaban J connectivity index is 1.96. The molecule has 2 atom stereocenters. The van der Waals surface area contributed by atoms with Crippen LogP contribution in [0.25, 0.3) is 0 Å². The maximum atomic E-state index is 12.0. The molecule has 1 amide bonds. The van der Waals surface area contributed by atoms with Crippen LogP contribution in [0.3, 0.4) is 0 Å². The summed E-state index contributed by atoms with van der Waals surface area (Å²) in [4.78, 5) is 12.0. The highest BCUT2D eigenvalue weighted by molar-refractivity contribution is 5.82. The Morgan fingerprint density at radius 3 is 2.68 bits per heavy atom. The second-order valence-electron chi connectivity index (χ2n) is 4.46. The third-order valence-corrected chi connectivity index (χ3v) is 2.95. The Labute approximate surface area is 113 Å². The van der Waals surface area contributed by atoms with Crippen LogP contribution < -0.4 is 14.8 Å². The van der Waals surface area contributed by atoms with E-state index in [0.29, 0.717) is 18.0 Å². The van der Waals surface area contributed by atoms with Gasteiger partial charge in [0.2, 0.25) is 6.10 Å². The number of carbonyl (C=O) groups excluding carboxylic acids is 1. The van der Waals surface area contributed by atoms with Crippen molar-refractivity contribution in [2.75, 3.05) is 6.54 Å². The molecule has 0 saturated carbocycles. The summed E-state index contributed by atoms with van der Waals surface area (Å²) in [7, 11) is 0. The monoisotopic (exact) mass is 261 g/mol. The minimum atomic E-state index is -0.597. The van der Waals surface area contributed by atoms with Crippen LogP contribution in [0.15, 0.2) is 36.4 Å². The Kier molecular flexibility index (Phi) is 4.44. The van der Waals surface area contributed by atoms with Crippen LogP contribution in [0.5, 0.6) is 11.5 Å². The van der Waals surface area contributed by atoms with Crippen molar-refractivity contribution in [3.05, 3.63) is 36.4 Å². The highest BCUT2D eigenvalue weighted by Gasteiger charge is 2.33. The van der Waals surface area contributed by atoms with Crippen molar-refractivity contribution in [2.24, 2.45) is 0 Å². The van der Waals surface area contributed by atoms with E-state index in [0.717, 1.165) is 6.42 Å². The summed E-state index contributed by atoms with van der Waals surface area (Å²) in [6.45, 7) is 4.41. The van der Waals surface area contributed by atoms with Gasteiger partial charge in [-0.2, -0.15) is 0 Å². The molecule has 0 spiro atoms. The fraction of sp³-hybridized carbons (Fsp3) is 0.400. The van der Waals surface area contributed by atoms with Crippen molar-refractivity contribution in [1.29, 1.82) is 0 Å². The molecule has 0 radical (unpaired) electrons. The minimum absolute atomic E-state index is 0.133. The van der Waals surface area contributed by atoms with Gasteiger partial charge in [-0.25, -0.2) is 0 Å². The van der Waals surface area contributed by atoms with Gasteiger partial charge in [0.25, 0.3) is 5.91 Å². The molecular formula is C15H19NO3. The molecular weight excluding hydrogens is 242 g/mol. The van der Waals surface area contributed by atoms with E-state index < -0.39 is 6.10 Å². The number of benzene rings is 1. The Morgan fingerprint density at radius 1 is 1.32 bits per heavy atom. The van der Waals surface area contributed by atoms with Crippen molar-refractivity contribution < 1.29 is 14.3 Å². The van der Waals surface area contributed by atoms with Gasteiger partial charge in [-0.15, -0.1) is 0 Å². The maximum Gasteiger partial charge on any atom is 0.265 e. The summed E-state index contributed by atoms with van der Waals surface area (Å²) in [5, 5.41) is 2.85. The van der Waals surface area contributed by atoms with E-state index in [1.807, 2.05) is 44.2 Å². The summed E-state index contributed by atoms with van der Waals surface area (Å²) in [6, 6.07) is 7.39. The number of amides is 1. The number of fused-ring (bicyclic) bond motifs is 1. The van der Waals surface area contributed by atoms with Gasteiger partial charge in [0, 0.05) is 6.54 Å². The molecule has 0 fully saturated rings. The Hall–Kier alpha value is -1.97. The van der Waals surface area contributed by atoms with Gasteiger partial charge in [-0.3, -0.25) is 4.79 Å². The zero-order valence-corrected chi connectivity index (χ0v) is 11.3. The fourth-order valence-electron chi connectivity index (χ4n) is 1.95. The molecule has 1 N–H and O–H groups in total. The molecule has 19 heavy (non-hydrogen) atoms. The van der Waals surface area contributed by atoms with Crippen molar-refractivity contribution in [3.8, 4) is 11.5 Å². The van der Waals surface area contributed by atoms with E-state index in [1.165, 1.54) is 0 Å². The Morgan fingerprint density at radius 2 is 2.00 bits per heavy atom. The summed E-state index contributed by atoms with van der Waals surface area (Å²) >= 11 is 0. The van der Waals surface area contributed by atoms with Crippen molar-refractivity contribution in [1.82, 2.24) is 5.32 Å². The number of allylic oxidation sites excluding steroid dienone is 1. The number of hydrogen-bond donors (Lipinski definition) is 1. The molecule has 0 bridgehead atoms. The molecule has 2 unspecified atom stereocenters. The molecule has 0 aliphatic carbocycles. The first kappa shape index (κ1) is 13.5. The van der Waals surface area contributed by atoms with Crippen LogP contribution in [0.2, 0.25) is 0 Å². The zero-order valence-electron chi connectivity index (χ0n) is 11.3. The number of para-hydroxylation sites is 2. The van der Waals surface area contributed by atoms with Crippen molar-refractivity contribution in [3.63, 3.8) is 0 Å². The topological polar surface area (TPSA) is 47.6 Å². The van der Waals surface area contributed by atoms with E-state index >= 15 is 0 Å². The molecule has 0 saturated heterocycles. The van der Waals surface area contributed by atoms with Crippen LogP contribution in [-0.2, 0) is 4.79 Å². The molecule has 1 aliphatic rings. The molecule has 1 aromatic rings. The standard InChI is InChI=1S/C15H19NO3/c1-3-4-7-10-16-15(17)14-11(2)18-12-8-5-6-9-13(12)19-14/h3-6,8-9,11,14H,7,10H2,1-2H3,(H,16,17)/b4-3+. The SMILES string of the molecule is C/C=C/CCNC(=O)C1Oc2ccccc2OC1C. The first-order valence-electron chi connectivity index (χ1n) is 6.53. The fourth-order valence-corrected chi connectivity index (χ4v) is 1.95. The van der Waals surface area contributed by atoms with Gasteiger partial charge >= 0.3 is 0 Å². The van der Waals surface area contributed by atoms with Gasteiger partial charge in [0.15, 0.2) is 11.5 Å². The van der Waals surface area contributed by atoms with E-state index in [-0.39, 0.29) is 12.0 Å². The van der Waals surface area contributed by atoms with E-state index in [9.17, 15) is 4.79 Å². The van der Waals surface area contributed by atoms with Crippen LogP contribution in [0.4, 0.5) is 0 Å². The van der Waals surface area contributed by atoms with Crippen LogP contribution in [0, 0.1) is 0 Å². The van der Waals surface area contributed by atoms with E-state index in [1.54, 1.807) is 6.07 Å². The van der Waals surface area contributed by atoms with Crippen LogP contribution >= 0.6 is 0 Å². The lowest BCUT2D eigenvalue weighted by Gasteiger charge is -2.30. The van der Waals surface area contributed by atoms with Gasteiger partial charge in [-0.1, -0.05) is 24.3 Å². The average molecular weight is 261 g/mol. The summed E-state index contributed by atoms with van der Waals surface area (Å²) < 4.78 is 11.4. The number of nitrogens with one attached hydrogen (secondary N) is 1. The lowest BCUT2D eigenvalue weighted by molar-refractivity contribution is -0.133. The zero-order chi connectivity index (χ0) is 13.7. The largest absolute Gasteiger partial charge is 0.482 e. The van der Waals surface area contributed by atoms with E-state index in [4.69, 9.17) is 9.47 Å². The number of ether oxygens (including phenoxy) is 2. The molecule has 1 heterocycles. The van der Waals surface area contributed by atoms with Gasteiger partial charge < -0.3 is 14.8 Å². The highest BCUT2D eigenvalue weighted by atomic mass is 16.6. The van der Waals surface area contributed by atoms with Crippen molar-refractivity contribution in [2.45, 2.75) is 32.5 Å². The second kappa shape index (κ2) is 6.27. The van der Waals surface area contributed by atoms with Crippen LogP contribution in [0.1, 0.15) is 20.3 Å². The van der Waals surface area contributed by atoms with Crippen LogP contribution in [-0.4, -0.2) is 24.7 Å². The second-order valence-corrected chi connectivity index (χ2v) is 4.46. The molecule has 1 aromatic carbocycles. The number of hydrogen-bond acceptors (Lipinski definition) is 3. The molecule has 102 valence electrons. The molecule has 4 heteroatoms. The maximum absolute atomic E-state index is 12.0. The molecule has 0 aromatic heterocycles. The third kappa shape index (κ3) is 3.28. The first-order valence-corrected chi connectivity index (χ1v) is 6.53. The summed E-state index contributed by atoms with van der Waals surface area (Å²) in [5.74, 6) is 1.17. The molecule has 1 aliphatic heterocycles. The summed E-state index contributed by atoms with van der Waals surface area (Å²) in [6.07, 6.45) is 3.90. The first-order chi connectivity index (χ1) is 9.22. The lowest BCUT2D eigenvalue weighted by atomic mass is 10.1. The minimum Gasteiger partial charge on any atom is -0.482 e. The number of carbonyl (C=O) groups is 1. The summed E-state index contributed by atoms with van der Waals surface area (Å²) in [5.41, 5.74) is 0. The highest BCUT2D eigenvalue weighted by Crippen LogP contribution is 2.33. The van der Waals surface area contributed by atoms with Gasteiger partial charge in [-0.05, 0) is 32.4 Å². The number of rotatable bonds is 4. The molecule has 4 nitrogen and oxygen atoms in total. The lowest BCUT2D eigenvalue weighted by Crippen LogP contribution is -2.49. The van der Waals surface area contributed by atoms with Crippen molar-refractivity contribution >= 4 is 5.91 Å². The smallest absolute Gasteiger partial charge is 0.265 e. The Bertz CT molecular complexity index is 470. The van der Waals surface area contributed by atoms with E-state index in [2.05, 4.69) is 5.32 Å². The molecule has 2 rings (SSSR count). The van der Waals surface area contributed by atoms with Gasteiger partial charge in [0.05, 0.1) is 0 Å².